The van der Waals surface area contributed by atoms with Crippen LogP contribution in [-0.2, 0) is 19.4 Å². The van der Waals surface area contributed by atoms with E-state index in [1.54, 1.807) is 0 Å². The van der Waals surface area contributed by atoms with Crippen LogP contribution in [0.2, 0.25) is 5.02 Å². The highest BCUT2D eigenvalue weighted by Crippen LogP contribution is 2.25. The van der Waals surface area contributed by atoms with E-state index in [1.807, 2.05) is 31.2 Å². The third-order valence-corrected chi connectivity index (χ3v) is 5.79. The van der Waals surface area contributed by atoms with Gasteiger partial charge in [0, 0.05) is 36.8 Å². The summed E-state index contributed by atoms with van der Waals surface area (Å²) in [5.41, 5.74) is 3.45. The number of piperazine rings is 1. The van der Waals surface area contributed by atoms with Crippen LogP contribution in [0.4, 0.5) is 5.82 Å². The molecule has 160 valence electrons. The molecule has 0 bridgehead atoms. The Bertz CT molecular complexity index is 1080. The van der Waals surface area contributed by atoms with Crippen molar-refractivity contribution in [3.8, 4) is 17.5 Å². The summed E-state index contributed by atoms with van der Waals surface area (Å²) in [6, 6.07) is 9.72. The van der Waals surface area contributed by atoms with Crippen molar-refractivity contribution in [2.45, 2.75) is 33.2 Å². The molecular formula is C22H24ClN7O. The van der Waals surface area contributed by atoms with Gasteiger partial charge in [0.25, 0.3) is 0 Å². The first-order valence-electron chi connectivity index (χ1n) is 10.5. The van der Waals surface area contributed by atoms with E-state index >= 15 is 0 Å². The third kappa shape index (κ3) is 4.53. The number of hydrogen-bond acceptors (Lipinski definition) is 8. The Morgan fingerprint density at radius 2 is 1.81 bits per heavy atom. The van der Waals surface area contributed by atoms with Gasteiger partial charge in [0.2, 0.25) is 11.7 Å². The fourth-order valence-corrected chi connectivity index (χ4v) is 3.97. The van der Waals surface area contributed by atoms with Gasteiger partial charge in [-0.1, -0.05) is 30.6 Å². The molecule has 31 heavy (non-hydrogen) atoms. The maximum Gasteiger partial charge on any atom is 0.241 e. The molecule has 0 radical (unpaired) electrons. The number of anilines is 1. The SMILES string of the molecule is CCc1nnc(N2CCN(Cc3nc(-c4ccc(Cl)cc4)no3)CC2)c(C#N)c1CC. The Balaban J connectivity index is 1.41. The van der Waals surface area contributed by atoms with Crippen molar-refractivity contribution in [1.29, 1.82) is 5.26 Å². The zero-order valence-corrected chi connectivity index (χ0v) is 18.4. The van der Waals surface area contributed by atoms with Crippen molar-refractivity contribution >= 4 is 17.4 Å². The minimum Gasteiger partial charge on any atom is -0.351 e. The van der Waals surface area contributed by atoms with Gasteiger partial charge in [-0.05, 0) is 42.7 Å². The van der Waals surface area contributed by atoms with Gasteiger partial charge >= 0.3 is 0 Å². The first-order valence-corrected chi connectivity index (χ1v) is 10.8. The summed E-state index contributed by atoms with van der Waals surface area (Å²) >= 11 is 5.94. The normalized spacial score (nSPS) is 14.6. The predicted octanol–water partition coefficient (Wildman–Crippen LogP) is 3.50. The second kappa shape index (κ2) is 9.41. The topological polar surface area (TPSA) is 95.0 Å². The number of hydrogen-bond donors (Lipinski definition) is 0. The maximum atomic E-state index is 9.75. The van der Waals surface area contributed by atoms with Gasteiger partial charge in [0.1, 0.15) is 11.6 Å². The highest BCUT2D eigenvalue weighted by atomic mass is 35.5. The fourth-order valence-electron chi connectivity index (χ4n) is 3.85. The van der Waals surface area contributed by atoms with Crippen LogP contribution < -0.4 is 4.90 Å². The van der Waals surface area contributed by atoms with Crippen molar-refractivity contribution < 1.29 is 4.52 Å². The van der Waals surface area contributed by atoms with Gasteiger partial charge in [-0.25, -0.2) is 0 Å². The van der Waals surface area contributed by atoms with Crippen molar-refractivity contribution in [2.75, 3.05) is 31.1 Å². The lowest BCUT2D eigenvalue weighted by atomic mass is 10.0. The smallest absolute Gasteiger partial charge is 0.241 e. The Kier molecular flexibility index (Phi) is 6.44. The van der Waals surface area contributed by atoms with Gasteiger partial charge in [-0.2, -0.15) is 15.3 Å². The molecule has 4 rings (SSSR count). The number of nitrogens with zero attached hydrogens (tertiary/aromatic N) is 7. The van der Waals surface area contributed by atoms with E-state index in [9.17, 15) is 5.26 Å². The molecule has 1 aliphatic heterocycles. The van der Waals surface area contributed by atoms with Crippen LogP contribution in [0.25, 0.3) is 11.4 Å². The average molecular weight is 438 g/mol. The van der Waals surface area contributed by atoms with Crippen LogP contribution in [0.3, 0.4) is 0 Å². The average Bonchev–Trinajstić information content (AvgIpc) is 3.27. The molecule has 1 fully saturated rings. The molecule has 0 amide bonds. The number of nitriles is 1. The lowest BCUT2D eigenvalue weighted by molar-refractivity contribution is 0.215. The molecule has 1 saturated heterocycles. The quantitative estimate of drug-likeness (QED) is 0.578. The summed E-state index contributed by atoms with van der Waals surface area (Å²) in [5, 5.41) is 23.3. The Morgan fingerprint density at radius 1 is 1.06 bits per heavy atom. The molecule has 3 heterocycles. The molecule has 0 saturated carbocycles. The summed E-state index contributed by atoms with van der Waals surface area (Å²) in [6.07, 6.45) is 1.56. The Morgan fingerprint density at radius 3 is 2.45 bits per heavy atom. The second-order valence-electron chi connectivity index (χ2n) is 7.42. The first-order chi connectivity index (χ1) is 15.1. The maximum absolute atomic E-state index is 9.75. The first kappa shape index (κ1) is 21.2. The molecule has 2 aromatic heterocycles. The van der Waals surface area contributed by atoms with Gasteiger partial charge < -0.3 is 9.42 Å². The molecule has 9 heteroatoms. The van der Waals surface area contributed by atoms with Crippen molar-refractivity contribution in [3.05, 3.63) is 52.0 Å². The zero-order chi connectivity index (χ0) is 21.8. The van der Waals surface area contributed by atoms with E-state index in [-0.39, 0.29) is 0 Å². The second-order valence-corrected chi connectivity index (χ2v) is 7.86. The number of benzene rings is 1. The molecule has 3 aromatic rings. The van der Waals surface area contributed by atoms with E-state index in [2.05, 4.69) is 43.1 Å². The summed E-state index contributed by atoms with van der Waals surface area (Å²) in [7, 11) is 0. The summed E-state index contributed by atoms with van der Waals surface area (Å²) in [5.74, 6) is 1.83. The van der Waals surface area contributed by atoms with E-state index in [0.717, 1.165) is 55.8 Å². The Hall–Kier alpha value is -3.02. The molecular weight excluding hydrogens is 414 g/mol. The van der Waals surface area contributed by atoms with Crippen LogP contribution in [0, 0.1) is 11.3 Å². The molecule has 0 N–H and O–H groups in total. The van der Waals surface area contributed by atoms with Crippen molar-refractivity contribution in [3.63, 3.8) is 0 Å². The van der Waals surface area contributed by atoms with Crippen molar-refractivity contribution in [2.24, 2.45) is 0 Å². The van der Waals surface area contributed by atoms with Gasteiger partial charge in [-0.15, -0.1) is 5.10 Å². The van der Waals surface area contributed by atoms with Crippen LogP contribution in [0.1, 0.15) is 36.6 Å². The highest BCUT2D eigenvalue weighted by Gasteiger charge is 2.24. The van der Waals surface area contributed by atoms with E-state index in [4.69, 9.17) is 16.1 Å². The Labute approximate surface area is 186 Å². The minimum absolute atomic E-state index is 0.558. The summed E-state index contributed by atoms with van der Waals surface area (Å²) in [4.78, 5) is 8.92. The standard InChI is InChI=1S/C22H24ClN7O/c1-3-17-18(13-24)22(27-26-19(17)4-2)30-11-9-29(10-12-30)14-20-25-21(28-31-20)15-5-7-16(23)8-6-15/h5-8H,3-4,9-12,14H2,1-2H3. The van der Waals surface area contributed by atoms with Gasteiger partial charge in [0.05, 0.1) is 12.2 Å². The number of aromatic nitrogens is 4. The van der Waals surface area contributed by atoms with Gasteiger partial charge in [-0.3, -0.25) is 4.90 Å². The molecule has 1 aliphatic rings. The van der Waals surface area contributed by atoms with Crippen LogP contribution in [0.5, 0.6) is 0 Å². The predicted molar refractivity (Wildman–Crippen MR) is 118 cm³/mol. The van der Waals surface area contributed by atoms with E-state index < -0.39 is 0 Å². The van der Waals surface area contributed by atoms with Gasteiger partial charge in [0.15, 0.2) is 5.82 Å². The number of halogens is 1. The largest absolute Gasteiger partial charge is 0.351 e. The van der Waals surface area contributed by atoms with E-state index in [1.165, 1.54) is 0 Å². The molecule has 0 aliphatic carbocycles. The number of aryl methyl sites for hydroxylation is 1. The van der Waals surface area contributed by atoms with Crippen molar-refractivity contribution in [1.82, 2.24) is 25.2 Å². The summed E-state index contributed by atoms with van der Waals surface area (Å²) in [6.45, 7) is 7.82. The monoisotopic (exact) mass is 437 g/mol. The highest BCUT2D eigenvalue weighted by molar-refractivity contribution is 6.30. The lowest BCUT2D eigenvalue weighted by Crippen LogP contribution is -2.46. The summed E-state index contributed by atoms with van der Waals surface area (Å²) < 4.78 is 5.44. The molecule has 8 nitrogen and oxygen atoms in total. The molecule has 0 unspecified atom stereocenters. The third-order valence-electron chi connectivity index (χ3n) is 5.54. The fraction of sp³-hybridized carbons (Fsp3) is 0.409. The van der Waals surface area contributed by atoms with E-state index in [0.29, 0.717) is 34.7 Å². The van der Waals surface area contributed by atoms with Crippen LogP contribution in [0.15, 0.2) is 28.8 Å². The molecule has 0 spiro atoms. The minimum atomic E-state index is 0.558. The zero-order valence-electron chi connectivity index (χ0n) is 17.7. The van der Waals surface area contributed by atoms with Crippen LogP contribution >= 0.6 is 11.6 Å². The lowest BCUT2D eigenvalue weighted by Gasteiger charge is -2.35. The number of rotatable bonds is 6. The molecule has 0 atom stereocenters. The van der Waals surface area contributed by atoms with Crippen LogP contribution in [-0.4, -0.2) is 51.4 Å². The molecule has 1 aromatic carbocycles.